The third-order valence-corrected chi connectivity index (χ3v) is 2.82. The van der Waals surface area contributed by atoms with Gasteiger partial charge in [0.25, 0.3) is 0 Å². The zero-order valence-electron chi connectivity index (χ0n) is 11.6. The molecule has 2 amide bonds. The fourth-order valence-corrected chi connectivity index (χ4v) is 1.91. The number of para-hydroxylation sites is 2. The number of hydrogen-bond donors (Lipinski definition) is 2. The van der Waals surface area contributed by atoms with Crippen LogP contribution >= 0.6 is 0 Å². The molecular formula is C15H18N2O3. The van der Waals surface area contributed by atoms with E-state index in [0.29, 0.717) is 17.9 Å². The molecular weight excluding hydrogens is 256 g/mol. The summed E-state index contributed by atoms with van der Waals surface area (Å²) < 4.78 is 10.4. The number of hydrogen-bond acceptors (Lipinski definition) is 3. The van der Waals surface area contributed by atoms with Crippen LogP contribution in [-0.2, 0) is 6.42 Å². The molecule has 0 radical (unpaired) electrons. The predicted molar refractivity (Wildman–Crippen MR) is 77.0 cm³/mol. The molecule has 0 spiro atoms. The Morgan fingerprint density at radius 3 is 2.80 bits per heavy atom. The Morgan fingerprint density at radius 2 is 2.10 bits per heavy atom. The van der Waals surface area contributed by atoms with Crippen molar-refractivity contribution < 1.29 is 13.9 Å². The molecule has 1 atom stereocenters. The van der Waals surface area contributed by atoms with Crippen LogP contribution in [0.1, 0.15) is 12.7 Å². The van der Waals surface area contributed by atoms with Crippen LogP contribution < -0.4 is 15.4 Å². The number of amides is 2. The standard InChI is InChI=1S/C15H18N2O3/c1-11(10-12-6-5-9-20-12)16-15(18)17-13-7-3-4-8-14(13)19-2/h3-9,11H,10H2,1-2H3,(H2,16,17,18). The Labute approximate surface area is 117 Å². The number of ether oxygens (including phenoxy) is 1. The third-order valence-electron chi connectivity index (χ3n) is 2.82. The third kappa shape index (κ3) is 3.78. The van der Waals surface area contributed by atoms with Crippen LogP contribution in [0, 0.1) is 0 Å². The van der Waals surface area contributed by atoms with Crippen molar-refractivity contribution >= 4 is 11.7 Å². The highest BCUT2D eigenvalue weighted by atomic mass is 16.5. The Balaban J connectivity index is 1.88. The molecule has 0 saturated heterocycles. The van der Waals surface area contributed by atoms with Crippen LogP contribution in [0.3, 0.4) is 0 Å². The highest BCUT2D eigenvalue weighted by Gasteiger charge is 2.11. The SMILES string of the molecule is COc1ccccc1NC(=O)NC(C)Cc1ccco1. The van der Waals surface area contributed by atoms with Gasteiger partial charge in [0, 0.05) is 12.5 Å². The summed E-state index contributed by atoms with van der Waals surface area (Å²) in [6.45, 7) is 1.92. The van der Waals surface area contributed by atoms with Crippen LogP contribution in [0.25, 0.3) is 0 Å². The molecule has 20 heavy (non-hydrogen) atoms. The molecule has 0 bridgehead atoms. The smallest absolute Gasteiger partial charge is 0.319 e. The van der Waals surface area contributed by atoms with Gasteiger partial charge in [0.2, 0.25) is 0 Å². The molecule has 2 aromatic rings. The summed E-state index contributed by atoms with van der Waals surface area (Å²) in [5.74, 6) is 1.47. The second-order valence-corrected chi connectivity index (χ2v) is 4.48. The zero-order valence-corrected chi connectivity index (χ0v) is 11.6. The number of carbonyl (C=O) groups is 1. The average Bonchev–Trinajstić information content (AvgIpc) is 2.91. The summed E-state index contributed by atoms with van der Waals surface area (Å²) in [6, 6.07) is 10.7. The molecule has 0 aliphatic heterocycles. The second-order valence-electron chi connectivity index (χ2n) is 4.48. The Bertz CT molecular complexity index is 552. The lowest BCUT2D eigenvalue weighted by molar-refractivity contribution is 0.248. The van der Waals surface area contributed by atoms with Gasteiger partial charge in [-0.2, -0.15) is 0 Å². The number of furan rings is 1. The molecule has 0 saturated carbocycles. The van der Waals surface area contributed by atoms with E-state index in [4.69, 9.17) is 9.15 Å². The molecule has 1 heterocycles. The van der Waals surface area contributed by atoms with E-state index in [1.54, 1.807) is 25.5 Å². The lowest BCUT2D eigenvalue weighted by atomic mass is 10.2. The van der Waals surface area contributed by atoms with Gasteiger partial charge >= 0.3 is 6.03 Å². The summed E-state index contributed by atoms with van der Waals surface area (Å²) in [4.78, 5) is 11.9. The largest absolute Gasteiger partial charge is 0.495 e. The number of methoxy groups -OCH3 is 1. The van der Waals surface area contributed by atoms with Gasteiger partial charge in [0.05, 0.1) is 19.1 Å². The quantitative estimate of drug-likeness (QED) is 0.880. The molecule has 1 unspecified atom stereocenters. The van der Waals surface area contributed by atoms with E-state index < -0.39 is 0 Å². The maximum absolute atomic E-state index is 11.9. The van der Waals surface area contributed by atoms with Crippen molar-refractivity contribution in [1.29, 1.82) is 0 Å². The van der Waals surface area contributed by atoms with E-state index in [2.05, 4.69) is 10.6 Å². The van der Waals surface area contributed by atoms with Gasteiger partial charge in [-0.25, -0.2) is 4.79 Å². The van der Waals surface area contributed by atoms with Crippen LogP contribution in [0.15, 0.2) is 47.1 Å². The van der Waals surface area contributed by atoms with E-state index in [9.17, 15) is 4.79 Å². The van der Waals surface area contributed by atoms with Gasteiger partial charge < -0.3 is 19.8 Å². The van der Waals surface area contributed by atoms with Gasteiger partial charge in [-0.15, -0.1) is 0 Å². The Morgan fingerprint density at radius 1 is 1.30 bits per heavy atom. The summed E-state index contributed by atoms with van der Waals surface area (Å²) in [7, 11) is 1.57. The van der Waals surface area contributed by atoms with Crippen LogP contribution in [0.4, 0.5) is 10.5 Å². The van der Waals surface area contributed by atoms with Gasteiger partial charge in [-0.1, -0.05) is 12.1 Å². The first-order chi connectivity index (χ1) is 9.69. The van der Waals surface area contributed by atoms with Gasteiger partial charge in [0.1, 0.15) is 11.5 Å². The summed E-state index contributed by atoms with van der Waals surface area (Å²) >= 11 is 0. The molecule has 0 fully saturated rings. The number of anilines is 1. The fraction of sp³-hybridized carbons (Fsp3) is 0.267. The number of carbonyl (C=O) groups excluding carboxylic acids is 1. The molecule has 1 aromatic carbocycles. The molecule has 0 aliphatic carbocycles. The van der Waals surface area contributed by atoms with E-state index in [1.165, 1.54) is 0 Å². The van der Waals surface area contributed by atoms with Crippen molar-refractivity contribution in [1.82, 2.24) is 5.32 Å². The summed E-state index contributed by atoms with van der Waals surface area (Å²) in [5.41, 5.74) is 0.637. The highest BCUT2D eigenvalue weighted by molar-refractivity contribution is 5.91. The van der Waals surface area contributed by atoms with Gasteiger partial charge in [-0.3, -0.25) is 0 Å². The maximum Gasteiger partial charge on any atom is 0.319 e. The summed E-state index contributed by atoms with van der Waals surface area (Å²) in [6.07, 6.45) is 2.27. The number of nitrogens with one attached hydrogen (secondary N) is 2. The van der Waals surface area contributed by atoms with Crippen molar-refractivity contribution in [2.75, 3.05) is 12.4 Å². The fourth-order valence-electron chi connectivity index (χ4n) is 1.91. The highest BCUT2D eigenvalue weighted by Crippen LogP contribution is 2.22. The van der Waals surface area contributed by atoms with Crippen LogP contribution in [0.2, 0.25) is 0 Å². The van der Waals surface area contributed by atoms with Crippen molar-refractivity contribution in [3.05, 3.63) is 48.4 Å². The second kappa shape index (κ2) is 6.65. The lowest BCUT2D eigenvalue weighted by Crippen LogP contribution is -2.37. The van der Waals surface area contributed by atoms with Crippen molar-refractivity contribution in [2.45, 2.75) is 19.4 Å². The Hall–Kier alpha value is -2.43. The van der Waals surface area contributed by atoms with E-state index in [0.717, 1.165) is 5.76 Å². The number of benzene rings is 1. The molecule has 106 valence electrons. The zero-order chi connectivity index (χ0) is 14.4. The summed E-state index contributed by atoms with van der Waals surface area (Å²) in [5, 5.41) is 5.62. The molecule has 5 heteroatoms. The van der Waals surface area contributed by atoms with Gasteiger partial charge in [-0.05, 0) is 31.2 Å². The predicted octanol–water partition coefficient (Wildman–Crippen LogP) is 3.04. The topological polar surface area (TPSA) is 63.5 Å². The van der Waals surface area contributed by atoms with E-state index in [-0.39, 0.29) is 12.1 Å². The number of rotatable bonds is 5. The molecule has 2 N–H and O–H groups in total. The van der Waals surface area contributed by atoms with Crippen molar-refractivity contribution in [3.63, 3.8) is 0 Å². The minimum Gasteiger partial charge on any atom is -0.495 e. The van der Waals surface area contributed by atoms with Crippen molar-refractivity contribution in [3.8, 4) is 5.75 Å². The van der Waals surface area contributed by atoms with Gasteiger partial charge in [0.15, 0.2) is 0 Å². The van der Waals surface area contributed by atoms with E-state index >= 15 is 0 Å². The molecule has 0 aliphatic rings. The first-order valence-electron chi connectivity index (χ1n) is 6.42. The Kier molecular flexibility index (Phi) is 4.65. The monoisotopic (exact) mass is 274 g/mol. The first-order valence-corrected chi connectivity index (χ1v) is 6.42. The molecule has 1 aromatic heterocycles. The van der Waals surface area contributed by atoms with E-state index in [1.807, 2.05) is 31.2 Å². The maximum atomic E-state index is 11.9. The van der Waals surface area contributed by atoms with Crippen molar-refractivity contribution in [2.24, 2.45) is 0 Å². The minimum atomic E-state index is -0.270. The van der Waals surface area contributed by atoms with Crippen LogP contribution in [-0.4, -0.2) is 19.2 Å². The molecule has 5 nitrogen and oxygen atoms in total. The minimum absolute atomic E-state index is 0.0316. The lowest BCUT2D eigenvalue weighted by Gasteiger charge is -2.15. The average molecular weight is 274 g/mol. The number of urea groups is 1. The van der Waals surface area contributed by atoms with Crippen LogP contribution in [0.5, 0.6) is 5.75 Å². The first kappa shape index (κ1) is 14.0. The normalized spacial score (nSPS) is 11.7. The molecule has 2 rings (SSSR count).